The SMILES string of the molecule is Cc1ccnc(NCCC(C)(C)C)n1. The zero-order valence-corrected chi connectivity index (χ0v) is 9.46. The standard InChI is InChI=1S/C11H19N3/c1-9-5-7-12-10(14-9)13-8-6-11(2,3)4/h5,7H,6,8H2,1-4H3,(H,12,13,14). The molecule has 0 amide bonds. The minimum Gasteiger partial charge on any atom is -0.354 e. The monoisotopic (exact) mass is 193 g/mol. The molecule has 0 aliphatic rings. The highest BCUT2D eigenvalue weighted by molar-refractivity contribution is 5.24. The van der Waals surface area contributed by atoms with Gasteiger partial charge >= 0.3 is 0 Å². The van der Waals surface area contributed by atoms with E-state index in [4.69, 9.17) is 0 Å². The first-order valence-corrected chi connectivity index (χ1v) is 5.01. The molecule has 14 heavy (non-hydrogen) atoms. The summed E-state index contributed by atoms with van der Waals surface area (Å²) in [5.41, 5.74) is 1.36. The van der Waals surface area contributed by atoms with Crippen LogP contribution >= 0.6 is 0 Å². The third-order valence-electron chi connectivity index (χ3n) is 1.95. The van der Waals surface area contributed by atoms with E-state index in [2.05, 4.69) is 36.1 Å². The molecule has 0 spiro atoms. The third kappa shape index (κ3) is 4.21. The van der Waals surface area contributed by atoms with Gasteiger partial charge in [0.05, 0.1) is 0 Å². The Hall–Kier alpha value is -1.12. The Morgan fingerprint density at radius 1 is 1.36 bits per heavy atom. The van der Waals surface area contributed by atoms with E-state index in [1.54, 1.807) is 6.20 Å². The Morgan fingerprint density at radius 2 is 2.07 bits per heavy atom. The minimum atomic E-state index is 0.358. The van der Waals surface area contributed by atoms with Crippen LogP contribution in [0.25, 0.3) is 0 Å². The van der Waals surface area contributed by atoms with E-state index in [-0.39, 0.29) is 0 Å². The Balaban J connectivity index is 2.39. The zero-order chi connectivity index (χ0) is 10.6. The van der Waals surface area contributed by atoms with Crippen molar-refractivity contribution >= 4 is 5.95 Å². The maximum absolute atomic E-state index is 4.27. The highest BCUT2D eigenvalue weighted by Gasteiger charge is 2.09. The molecule has 1 heterocycles. The molecule has 0 atom stereocenters. The van der Waals surface area contributed by atoms with Crippen LogP contribution in [0.1, 0.15) is 32.9 Å². The number of nitrogens with zero attached hydrogens (tertiary/aromatic N) is 2. The molecule has 1 aromatic heterocycles. The molecule has 0 aliphatic heterocycles. The van der Waals surface area contributed by atoms with Gasteiger partial charge in [-0.05, 0) is 24.8 Å². The quantitative estimate of drug-likeness (QED) is 0.802. The normalized spacial score (nSPS) is 11.4. The topological polar surface area (TPSA) is 37.8 Å². The van der Waals surface area contributed by atoms with Gasteiger partial charge in [-0.3, -0.25) is 0 Å². The fourth-order valence-electron chi connectivity index (χ4n) is 1.08. The molecule has 0 saturated heterocycles. The molecular weight excluding hydrogens is 174 g/mol. The molecular formula is C11H19N3. The second kappa shape index (κ2) is 4.40. The van der Waals surface area contributed by atoms with Gasteiger partial charge in [-0.25, -0.2) is 9.97 Å². The number of rotatable bonds is 3. The summed E-state index contributed by atoms with van der Waals surface area (Å²) < 4.78 is 0. The van der Waals surface area contributed by atoms with Crippen molar-refractivity contribution in [3.8, 4) is 0 Å². The van der Waals surface area contributed by atoms with Crippen molar-refractivity contribution in [2.45, 2.75) is 34.1 Å². The lowest BCUT2D eigenvalue weighted by Crippen LogP contribution is -2.14. The van der Waals surface area contributed by atoms with Crippen LogP contribution in [0.3, 0.4) is 0 Å². The highest BCUT2D eigenvalue weighted by atomic mass is 15.1. The van der Waals surface area contributed by atoms with E-state index >= 15 is 0 Å². The second-order valence-electron chi connectivity index (χ2n) is 4.76. The molecule has 1 rings (SSSR count). The molecule has 0 saturated carbocycles. The molecule has 3 heteroatoms. The Kier molecular flexibility index (Phi) is 3.44. The summed E-state index contributed by atoms with van der Waals surface area (Å²) in [5, 5.41) is 3.22. The molecule has 1 N–H and O–H groups in total. The van der Waals surface area contributed by atoms with Crippen molar-refractivity contribution in [2.24, 2.45) is 5.41 Å². The van der Waals surface area contributed by atoms with Gasteiger partial charge in [0.1, 0.15) is 0 Å². The highest BCUT2D eigenvalue weighted by Crippen LogP contribution is 2.17. The molecule has 0 radical (unpaired) electrons. The van der Waals surface area contributed by atoms with Gasteiger partial charge in [-0.2, -0.15) is 0 Å². The Morgan fingerprint density at radius 3 is 2.64 bits per heavy atom. The first kappa shape index (κ1) is 11.0. The van der Waals surface area contributed by atoms with Crippen LogP contribution in [0.15, 0.2) is 12.3 Å². The van der Waals surface area contributed by atoms with Crippen LogP contribution in [-0.4, -0.2) is 16.5 Å². The summed E-state index contributed by atoms with van der Waals surface area (Å²) in [6, 6.07) is 1.90. The van der Waals surface area contributed by atoms with E-state index in [9.17, 15) is 0 Å². The zero-order valence-electron chi connectivity index (χ0n) is 9.46. The lowest BCUT2D eigenvalue weighted by atomic mass is 9.92. The van der Waals surface area contributed by atoms with Crippen molar-refractivity contribution in [3.63, 3.8) is 0 Å². The molecule has 0 bridgehead atoms. The van der Waals surface area contributed by atoms with Gasteiger partial charge in [-0.15, -0.1) is 0 Å². The van der Waals surface area contributed by atoms with Crippen LogP contribution in [0.2, 0.25) is 0 Å². The van der Waals surface area contributed by atoms with Gasteiger partial charge in [0.15, 0.2) is 0 Å². The average Bonchev–Trinajstić information content (AvgIpc) is 2.01. The molecule has 1 aromatic rings. The largest absolute Gasteiger partial charge is 0.354 e. The van der Waals surface area contributed by atoms with Gasteiger partial charge in [0, 0.05) is 18.4 Å². The number of hydrogen-bond acceptors (Lipinski definition) is 3. The van der Waals surface area contributed by atoms with Crippen LogP contribution in [-0.2, 0) is 0 Å². The van der Waals surface area contributed by atoms with Crippen molar-refractivity contribution in [3.05, 3.63) is 18.0 Å². The van der Waals surface area contributed by atoms with E-state index in [1.807, 2.05) is 13.0 Å². The fraction of sp³-hybridized carbons (Fsp3) is 0.636. The molecule has 0 fully saturated rings. The lowest BCUT2D eigenvalue weighted by Gasteiger charge is -2.17. The number of nitrogens with one attached hydrogen (secondary N) is 1. The first-order valence-electron chi connectivity index (χ1n) is 5.01. The molecule has 0 unspecified atom stereocenters. The maximum Gasteiger partial charge on any atom is 0.222 e. The van der Waals surface area contributed by atoms with Crippen molar-refractivity contribution in [1.29, 1.82) is 0 Å². The van der Waals surface area contributed by atoms with Crippen molar-refractivity contribution < 1.29 is 0 Å². The van der Waals surface area contributed by atoms with Crippen molar-refractivity contribution in [2.75, 3.05) is 11.9 Å². The minimum absolute atomic E-state index is 0.358. The van der Waals surface area contributed by atoms with E-state index in [0.717, 1.165) is 24.6 Å². The maximum atomic E-state index is 4.27. The fourth-order valence-corrected chi connectivity index (χ4v) is 1.08. The van der Waals surface area contributed by atoms with Gasteiger partial charge in [0.25, 0.3) is 0 Å². The molecule has 78 valence electrons. The Labute approximate surface area is 86.0 Å². The predicted octanol–water partition coefficient (Wildman–Crippen LogP) is 2.63. The summed E-state index contributed by atoms with van der Waals surface area (Å²) in [4.78, 5) is 8.41. The number of anilines is 1. The van der Waals surface area contributed by atoms with E-state index < -0.39 is 0 Å². The average molecular weight is 193 g/mol. The first-order chi connectivity index (χ1) is 6.47. The number of hydrogen-bond donors (Lipinski definition) is 1. The summed E-state index contributed by atoms with van der Waals surface area (Å²) in [7, 11) is 0. The summed E-state index contributed by atoms with van der Waals surface area (Å²) >= 11 is 0. The molecule has 3 nitrogen and oxygen atoms in total. The van der Waals surface area contributed by atoms with Crippen LogP contribution in [0.4, 0.5) is 5.95 Å². The molecule has 0 aliphatic carbocycles. The summed E-state index contributed by atoms with van der Waals surface area (Å²) in [6.45, 7) is 9.58. The second-order valence-corrected chi connectivity index (χ2v) is 4.76. The lowest BCUT2D eigenvalue weighted by molar-refractivity contribution is 0.389. The molecule has 0 aromatic carbocycles. The van der Waals surface area contributed by atoms with Crippen LogP contribution in [0, 0.1) is 12.3 Å². The summed E-state index contributed by atoms with van der Waals surface area (Å²) in [5.74, 6) is 0.731. The van der Waals surface area contributed by atoms with Crippen molar-refractivity contribution in [1.82, 2.24) is 9.97 Å². The number of aryl methyl sites for hydroxylation is 1. The Bertz CT molecular complexity index is 289. The van der Waals surface area contributed by atoms with Crippen LogP contribution in [0.5, 0.6) is 0 Å². The van der Waals surface area contributed by atoms with Gasteiger partial charge in [-0.1, -0.05) is 20.8 Å². The van der Waals surface area contributed by atoms with Gasteiger partial charge < -0.3 is 5.32 Å². The third-order valence-corrected chi connectivity index (χ3v) is 1.95. The van der Waals surface area contributed by atoms with E-state index in [0.29, 0.717) is 5.41 Å². The number of aromatic nitrogens is 2. The summed E-state index contributed by atoms with van der Waals surface area (Å²) in [6.07, 6.45) is 2.89. The smallest absolute Gasteiger partial charge is 0.222 e. The van der Waals surface area contributed by atoms with E-state index in [1.165, 1.54) is 0 Å². The van der Waals surface area contributed by atoms with Gasteiger partial charge in [0.2, 0.25) is 5.95 Å². The predicted molar refractivity (Wildman–Crippen MR) is 59.3 cm³/mol. The van der Waals surface area contributed by atoms with Crippen LogP contribution < -0.4 is 5.32 Å².